The summed E-state index contributed by atoms with van der Waals surface area (Å²) < 4.78 is 10.9. The van der Waals surface area contributed by atoms with E-state index < -0.39 is 23.4 Å². The molecule has 2 aliphatic heterocycles. The summed E-state index contributed by atoms with van der Waals surface area (Å²) in [6.45, 7) is 5.04. The first-order valence-corrected chi connectivity index (χ1v) is 7.35. The Hall–Kier alpha value is -2.17. The topological polar surface area (TPSA) is 69.7 Å². The first-order valence-electron chi connectivity index (χ1n) is 7.35. The summed E-state index contributed by atoms with van der Waals surface area (Å²) in [4.78, 5) is 36.6. The lowest BCUT2D eigenvalue weighted by atomic mass is 9.68. The lowest BCUT2D eigenvalue weighted by molar-refractivity contribution is -0.157. The summed E-state index contributed by atoms with van der Waals surface area (Å²) >= 11 is 0. The molecular weight excluding hydrogens is 284 g/mol. The number of rotatable bonds is 2. The predicted octanol–water partition coefficient (Wildman–Crippen LogP) is 1.88. The van der Waals surface area contributed by atoms with Gasteiger partial charge in [-0.05, 0) is 44.9 Å². The summed E-state index contributed by atoms with van der Waals surface area (Å²) in [6, 6.07) is 0. The van der Waals surface area contributed by atoms with Gasteiger partial charge in [0.15, 0.2) is 5.60 Å². The van der Waals surface area contributed by atoms with Crippen molar-refractivity contribution < 1.29 is 23.9 Å². The van der Waals surface area contributed by atoms with Gasteiger partial charge in [-0.25, -0.2) is 0 Å². The van der Waals surface area contributed by atoms with Crippen LogP contribution in [0.15, 0.2) is 35.1 Å². The maximum atomic E-state index is 12.8. The van der Waals surface area contributed by atoms with Crippen molar-refractivity contribution in [1.82, 2.24) is 0 Å². The molecule has 0 amide bonds. The minimum Gasteiger partial charge on any atom is -0.489 e. The van der Waals surface area contributed by atoms with Gasteiger partial charge < -0.3 is 9.47 Å². The van der Waals surface area contributed by atoms with Crippen molar-refractivity contribution in [2.45, 2.75) is 32.8 Å². The van der Waals surface area contributed by atoms with Gasteiger partial charge in [-0.1, -0.05) is 6.08 Å². The van der Waals surface area contributed by atoms with Crippen LogP contribution in [-0.2, 0) is 23.9 Å². The summed E-state index contributed by atoms with van der Waals surface area (Å²) in [6.07, 6.45) is 5.96. The number of carbonyl (C=O) groups is 3. The number of ether oxygens (including phenoxy) is 2. The number of hydrogen-bond donors (Lipinski definition) is 0. The highest BCUT2D eigenvalue weighted by Gasteiger charge is 2.61. The van der Waals surface area contributed by atoms with E-state index in [1.165, 1.54) is 6.92 Å². The van der Waals surface area contributed by atoms with Gasteiger partial charge in [0.25, 0.3) is 0 Å². The summed E-state index contributed by atoms with van der Waals surface area (Å²) in [5.41, 5.74) is 0.141. The second-order valence-electron chi connectivity index (χ2n) is 6.10. The minimum atomic E-state index is -1.25. The van der Waals surface area contributed by atoms with Gasteiger partial charge >= 0.3 is 5.97 Å². The van der Waals surface area contributed by atoms with E-state index in [9.17, 15) is 14.4 Å². The summed E-state index contributed by atoms with van der Waals surface area (Å²) in [5, 5.41) is 0. The number of allylic oxidation sites excluding steroid dienone is 4. The normalized spacial score (nSPS) is 34.0. The molecule has 2 heterocycles. The van der Waals surface area contributed by atoms with Crippen molar-refractivity contribution in [2.24, 2.45) is 11.8 Å². The van der Waals surface area contributed by atoms with Gasteiger partial charge in [-0.3, -0.25) is 14.4 Å². The molecule has 5 heteroatoms. The molecule has 3 aliphatic rings. The molecule has 3 rings (SSSR count). The van der Waals surface area contributed by atoms with Crippen molar-refractivity contribution in [1.29, 1.82) is 0 Å². The number of ketones is 2. The molecule has 1 saturated heterocycles. The van der Waals surface area contributed by atoms with Gasteiger partial charge in [-0.2, -0.15) is 0 Å². The van der Waals surface area contributed by atoms with Gasteiger partial charge in [0.05, 0.1) is 0 Å². The zero-order valence-electron chi connectivity index (χ0n) is 12.8. The van der Waals surface area contributed by atoms with Gasteiger partial charge in [-0.15, -0.1) is 0 Å². The number of esters is 1. The van der Waals surface area contributed by atoms with Crippen molar-refractivity contribution in [2.75, 3.05) is 6.61 Å². The Morgan fingerprint density at radius 2 is 2.14 bits per heavy atom. The van der Waals surface area contributed by atoms with Crippen LogP contribution in [0.1, 0.15) is 27.2 Å². The maximum Gasteiger partial charge on any atom is 0.317 e. The fourth-order valence-electron chi connectivity index (χ4n) is 3.55. The average molecular weight is 302 g/mol. The molecule has 0 saturated carbocycles. The molecule has 3 atom stereocenters. The smallest absolute Gasteiger partial charge is 0.317 e. The summed E-state index contributed by atoms with van der Waals surface area (Å²) in [7, 11) is 0. The largest absolute Gasteiger partial charge is 0.489 e. The summed E-state index contributed by atoms with van der Waals surface area (Å²) in [5.74, 6) is -1.70. The van der Waals surface area contributed by atoms with Crippen LogP contribution in [-0.4, -0.2) is 29.7 Å². The fourth-order valence-corrected chi connectivity index (χ4v) is 3.55. The molecule has 0 aromatic heterocycles. The van der Waals surface area contributed by atoms with Crippen LogP contribution in [0.4, 0.5) is 0 Å². The Bertz CT molecular complexity index is 667. The number of Topliss-reactive ketones (excluding diaryl/α,β-unsaturated/α-hetero) is 2. The van der Waals surface area contributed by atoms with E-state index in [1.807, 2.05) is 25.2 Å². The second-order valence-corrected chi connectivity index (χ2v) is 6.10. The molecule has 0 aromatic carbocycles. The highest BCUT2D eigenvalue weighted by molar-refractivity contribution is 6.10. The van der Waals surface area contributed by atoms with E-state index in [0.717, 1.165) is 5.57 Å². The van der Waals surface area contributed by atoms with E-state index >= 15 is 0 Å². The number of fused-ring (bicyclic) bond motifs is 1. The van der Waals surface area contributed by atoms with Crippen molar-refractivity contribution in [3.05, 3.63) is 35.1 Å². The molecule has 0 spiro atoms. The Morgan fingerprint density at radius 3 is 2.77 bits per heavy atom. The third-order valence-corrected chi connectivity index (χ3v) is 4.70. The van der Waals surface area contributed by atoms with E-state index in [4.69, 9.17) is 9.47 Å². The Kier molecular flexibility index (Phi) is 3.31. The number of carbonyl (C=O) groups excluding carboxylic acids is 3. The van der Waals surface area contributed by atoms with E-state index in [2.05, 4.69) is 0 Å². The van der Waals surface area contributed by atoms with Crippen molar-refractivity contribution in [3.63, 3.8) is 0 Å². The lowest BCUT2D eigenvalue weighted by Gasteiger charge is -2.36. The third kappa shape index (κ3) is 1.95. The van der Waals surface area contributed by atoms with Gasteiger partial charge in [0.2, 0.25) is 5.78 Å². The van der Waals surface area contributed by atoms with Crippen LogP contribution < -0.4 is 0 Å². The zero-order valence-corrected chi connectivity index (χ0v) is 12.8. The van der Waals surface area contributed by atoms with Crippen molar-refractivity contribution in [3.8, 4) is 0 Å². The van der Waals surface area contributed by atoms with Crippen LogP contribution in [0.2, 0.25) is 0 Å². The molecule has 0 bridgehead atoms. The molecule has 0 N–H and O–H groups in total. The van der Waals surface area contributed by atoms with Crippen LogP contribution in [0.25, 0.3) is 0 Å². The molecule has 22 heavy (non-hydrogen) atoms. The Morgan fingerprint density at radius 1 is 1.41 bits per heavy atom. The first kappa shape index (κ1) is 14.8. The Balaban J connectivity index is 2.05. The molecule has 5 nitrogen and oxygen atoms in total. The fraction of sp³-hybridized carbons (Fsp3) is 0.471. The first-order chi connectivity index (χ1) is 10.4. The SMILES string of the molecule is C/C=C/C1=CC2=C(CO1)C(=O)[C@]1(C)OC(=O)C(C(C)=O)[C@H]1C2. The number of hydrogen-bond acceptors (Lipinski definition) is 5. The molecule has 1 aliphatic carbocycles. The maximum absolute atomic E-state index is 12.8. The quantitative estimate of drug-likeness (QED) is 0.575. The molecular formula is C17H18O5. The highest BCUT2D eigenvalue weighted by Crippen LogP contribution is 2.48. The minimum absolute atomic E-state index is 0.176. The van der Waals surface area contributed by atoms with E-state index in [0.29, 0.717) is 17.8 Å². The molecule has 0 aromatic rings. The molecule has 0 radical (unpaired) electrons. The van der Waals surface area contributed by atoms with Gasteiger partial charge in [0, 0.05) is 11.5 Å². The monoisotopic (exact) mass is 302 g/mol. The van der Waals surface area contributed by atoms with E-state index in [1.54, 1.807) is 6.92 Å². The van der Waals surface area contributed by atoms with Crippen LogP contribution in [0.5, 0.6) is 0 Å². The Labute approximate surface area is 128 Å². The predicted molar refractivity (Wildman–Crippen MR) is 77.7 cm³/mol. The second kappa shape index (κ2) is 4.93. The van der Waals surface area contributed by atoms with Gasteiger partial charge in [0.1, 0.15) is 24.1 Å². The molecule has 1 unspecified atom stereocenters. The van der Waals surface area contributed by atoms with E-state index in [-0.39, 0.29) is 18.2 Å². The standard InChI is InChI=1S/C17H18O5/c1-4-5-11-6-10-7-13-14(9(2)18)16(20)22-17(13,3)15(19)12(10)8-21-11/h4-6,13-14H,7-8H2,1-3H3/b5-4+/t13-,14?,17-/m1/s1. The zero-order chi connectivity index (χ0) is 16.1. The average Bonchev–Trinajstić information content (AvgIpc) is 2.71. The van der Waals surface area contributed by atoms with Crippen LogP contribution >= 0.6 is 0 Å². The van der Waals surface area contributed by atoms with Crippen LogP contribution in [0, 0.1) is 11.8 Å². The lowest BCUT2D eigenvalue weighted by Crippen LogP contribution is -2.48. The third-order valence-electron chi connectivity index (χ3n) is 4.70. The van der Waals surface area contributed by atoms with Crippen LogP contribution in [0.3, 0.4) is 0 Å². The van der Waals surface area contributed by atoms with Crippen molar-refractivity contribution >= 4 is 17.5 Å². The molecule has 116 valence electrons. The highest BCUT2D eigenvalue weighted by atomic mass is 16.6. The molecule has 1 fully saturated rings.